The quantitative estimate of drug-likeness (QED) is 0.0998. The molecule has 2 aliphatic heterocycles. The summed E-state index contributed by atoms with van der Waals surface area (Å²) in [6.07, 6.45) is 6.54. The first-order chi connectivity index (χ1) is 28.2. The molecule has 18 heteroatoms. The summed E-state index contributed by atoms with van der Waals surface area (Å²) in [4.78, 5) is 39.3. The highest BCUT2D eigenvalue weighted by Gasteiger charge is 2.32. The number of benzene rings is 1. The van der Waals surface area contributed by atoms with Crippen LogP contribution in [-0.4, -0.2) is 97.5 Å². The van der Waals surface area contributed by atoms with Crippen molar-refractivity contribution in [1.29, 1.82) is 0 Å². The molecule has 0 amide bonds. The number of thiazole rings is 1. The van der Waals surface area contributed by atoms with Crippen LogP contribution in [0.3, 0.4) is 0 Å². The summed E-state index contributed by atoms with van der Waals surface area (Å²) in [5.41, 5.74) is 4.70. The van der Waals surface area contributed by atoms with Gasteiger partial charge in [-0.3, -0.25) is 19.3 Å². The molecule has 59 heavy (non-hydrogen) atoms. The fourth-order valence-corrected chi connectivity index (χ4v) is 8.38. The summed E-state index contributed by atoms with van der Waals surface area (Å²) >= 11 is 1.48. The first kappa shape index (κ1) is 43.0. The molecular formula is C41H55N13O4S. The summed E-state index contributed by atoms with van der Waals surface area (Å²) < 4.78 is 14.2. The van der Waals surface area contributed by atoms with Gasteiger partial charge in [-0.2, -0.15) is 0 Å². The first-order valence-corrected chi connectivity index (χ1v) is 20.7. The molecule has 0 bridgehead atoms. The predicted octanol–water partition coefficient (Wildman–Crippen LogP) is 3.77. The number of aliphatic imine (C=N–C) groups is 2. The number of ether oxygens (including phenoxy) is 2. The van der Waals surface area contributed by atoms with E-state index in [1.54, 1.807) is 13.1 Å². The van der Waals surface area contributed by atoms with E-state index in [1.165, 1.54) is 18.4 Å². The maximum Gasteiger partial charge on any atom is 0.338 e. The number of carbonyl (C=O) groups excluding carboxylic acids is 2. The molecule has 3 aromatic heterocycles. The number of nitrogens with one attached hydrogen (secondary N) is 4. The zero-order chi connectivity index (χ0) is 42.2. The molecule has 0 radical (unpaired) electrons. The number of hydrogen-bond donors (Lipinski definition) is 4. The summed E-state index contributed by atoms with van der Waals surface area (Å²) in [5, 5.41) is 33.9. The number of hydrogen-bond acceptors (Lipinski definition) is 16. The number of esters is 2. The van der Waals surface area contributed by atoms with E-state index in [1.807, 2.05) is 71.3 Å². The topological polar surface area (TPSA) is 200 Å². The van der Waals surface area contributed by atoms with Gasteiger partial charge in [0.1, 0.15) is 5.84 Å². The van der Waals surface area contributed by atoms with Crippen LogP contribution in [0.2, 0.25) is 0 Å². The third-order valence-corrected chi connectivity index (χ3v) is 10.6. The Bertz CT molecular complexity index is 2200. The Kier molecular flexibility index (Phi) is 13.8. The third-order valence-electron chi connectivity index (χ3n) is 9.78. The monoisotopic (exact) mass is 825 g/mol. The Morgan fingerprint density at radius 2 is 1.34 bits per heavy atom. The van der Waals surface area contributed by atoms with Gasteiger partial charge >= 0.3 is 11.9 Å². The molecule has 0 aliphatic carbocycles. The highest BCUT2D eigenvalue weighted by molar-refractivity contribution is 7.11. The van der Waals surface area contributed by atoms with Gasteiger partial charge in [-0.15, -0.1) is 21.5 Å². The van der Waals surface area contributed by atoms with Crippen LogP contribution < -0.4 is 21.3 Å². The van der Waals surface area contributed by atoms with Crippen molar-refractivity contribution in [2.24, 2.45) is 20.8 Å². The van der Waals surface area contributed by atoms with Crippen LogP contribution in [0.25, 0.3) is 0 Å². The number of methoxy groups -OCH3 is 1. The summed E-state index contributed by atoms with van der Waals surface area (Å²) in [6, 6.07) is 9.09. The predicted molar refractivity (Wildman–Crippen MR) is 225 cm³/mol. The SMILES string of the molecule is CCOC(=O)C1=C(CNCc2cn(CC(C)(C)CC(C)(C)Cn3cc(CNCC4=C(C(=O)OC)C(C)N=C(c5ccccc5)N4)nn3)nn2)NC(c2nccs2)=NC1C. The molecule has 4 aromatic rings. The van der Waals surface area contributed by atoms with Crippen molar-refractivity contribution in [3.05, 3.63) is 98.8 Å². The van der Waals surface area contributed by atoms with Gasteiger partial charge in [-0.1, -0.05) is 68.5 Å². The molecule has 0 spiro atoms. The van der Waals surface area contributed by atoms with Crippen molar-refractivity contribution in [2.45, 2.75) is 93.1 Å². The lowest BCUT2D eigenvalue weighted by Crippen LogP contribution is -2.39. The van der Waals surface area contributed by atoms with Crippen LogP contribution in [0.4, 0.5) is 0 Å². The molecule has 2 unspecified atom stereocenters. The van der Waals surface area contributed by atoms with Crippen molar-refractivity contribution in [2.75, 3.05) is 26.8 Å². The number of amidine groups is 2. The zero-order valence-electron chi connectivity index (χ0n) is 35.1. The van der Waals surface area contributed by atoms with Gasteiger partial charge in [0.25, 0.3) is 0 Å². The molecule has 17 nitrogen and oxygen atoms in total. The largest absolute Gasteiger partial charge is 0.466 e. The third kappa shape index (κ3) is 11.3. The molecule has 5 heterocycles. The minimum absolute atomic E-state index is 0.113. The molecule has 1 aromatic carbocycles. The van der Waals surface area contributed by atoms with Gasteiger partial charge in [0.05, 0.1) is 48.3 Å². The Morgan fingerprint density at radius 1 is 0.797 bits per heavy atom. The molecule has 2 atom stereocenters. The van der Waals surface area contributed by atoms with Crippen molar-refractivity contribution < 1.29 is 19.1 Å². The molecule has 0 fully saturated rings. The summed E-state index contributed by atoms with van der Waals surface area (Å²) in [7, 11) is 1.38. The summed E-state index contributed by atoms with van der Waals surface area (Å²) in [5.74, 6) is 0.553. The number of carbonyl (C=O) groups is 2. The fourth-order valence-electron chi connectivity index (χ4n) is 7.79. The van der Waals surface area contributed by atoms with Crippen LogP contribution in [0.5, 0.6) is 0 Å². The second-order valence-corrected chi connectivity index (χ2v) is 17.2. The van der Waals surface area contributed by atoms with E-state index in [2.05, 4.69) is 79.6 Å². The van der Waals surface area contributed by atoms with Crippen LogP contribution in [0.1, 0.15) is 76.8 Å². The average molecular weight is 826 g/mol. The van der Waals surface area contributed by atoms with Crippen molar-refractivity contribution in [1.82, 2.24) is 56.2 Å². The Labute approximate surface area is 348 Å². The van der Waals surface area contributed by atoms with E-state index in [9.17, 15) is 9.59 Å². The Hall–Kier alpha value is -5.59. The normalized spacial score (nSPS) is 17.3. The van der Waals surface area contributed by atoms with E-state index in [-0.39, 0.29) is 35.5 Å². The maximum absolute atomic E-state index is 12.9. The molecular weight excluding hydrogens is 771 g/mol. The maximum atomic E-state index is 12.9. The average Bonchev–Trinajstić information content (AvgIpc) is 3.98. The summed E-state index contributed by atoms with van der Waals surface area (Å²) in [6.45, 7) is 17.8. The molecule has 314 valence electrons. The molecule has 0 saturated carbocycles. The molecule has 0 saturated heterocycles. The van der Waals surface area contributed by atoms with Gasteiger partial charge in [-0.25, -0.2) is 14.6 Å². The Balaban J connectivity index is 0.993. The lowest BCUT2D eigenvalue weighted by Gasteiger charge is -2.34. The zero-order valence-corrected chi connectivity index (χ0v) is 35.9. The lowest BCUT2D eigenvalue weighted by atomic mass is 9.75. The van der Waals surface area contributed by atoms with Gasteiger partial charge in [-0.05, 0) is 38.0 Å². The van der Waals surface area contributed by atoms with Gasteiger partial charge < -0.3 is 30.7 Å². The second-order valence-electron chi connectivity index (χ2n) is 16.3. The van der Waals surface area contributed by atoms with E-state index < -0.39 is 5.97 Å². The van der Waals surface area contributed by atoms with Gasteiger partial charge in [0.2, 0.25) is 0 Å². The second kappa shape index (κ2) is 19.0. The number of nitrogens with zero attached hydrogens (tertiary/aromatic N) is 9. The standard InChI is InChI=1S/C41H55N13O4S/c1-9-58-39(56)34-27(3)46-36(37-44-15-16-59-37)48-32(34)20-43-18-30-22-54(52-50-30)25-41(6,7)23-40(4,5)24-53-21-29(49-51-53)17-42-19-31-33(38(55)57-8)26(2)45-35(47-31)28-13-11-10-12-14-28/h10-16,21-22,26-27,42-43H,9,17-20,23-25H2,1-8H3,(H,45,47)(H,46,48). The number of aromatic nitrogens is 7. The van der Waals surface area contributed by atoms with E-state index in [4.69, 9.17) is 14.5 Å². The highest BCUT2D eigenvalue weighted by Crippen LogP contribution is 2.36. The first-order valence-electron chi connectivity index (χ1n) is 19.8. The smallest absolute Gasteiger partial charge is 0.338 e. The van der Waals surface area contributed by atoms with Crippen LogP contribution in [0, 0.1) is 10.8 Å². The Morgan fingerprint density at radius 3 is 1.86 bits per heavy atom. The number of rotatable bonds is 19. The fraction of sp³-hybridized carbons (Fsp3) is 0.488. The highest BCUT2D eigenvalue weighted by atomic mass is 32.1. The van der Waals surface area contributed by atoms with E-state index in [0.717, 1.165) is 34.1 Å². The minimum atomic E-state index is -0.407. The molecule has 6 rings (SSSR count). The van der Waals surface area contributed by atoms with Crippen LogP contribution >= 0.6 is 11.3 Å². The van der Waals surface area contributed by atoms with Crippen molar-refractivity contribution in [3.63, 3.8) is 0 Å². The van der Waals surface area contributed by atoms with Crippen molar-refractivity contribution in [3.8, 4) is 0 Å². The van der Waals surface area contributed by atoms with Crippen molar-refractivity contribution >= 4 is 34.9 Å². The van der Waals surface area contributed by atoms with E-state index >= 15 is 0 Å². The van der Waals surface area contributed by atoms with Gasteiger partial charge in [0.15, 0.2) is 10.8 Å². The molecule has 4 N–H and O–H groups in total. The minimum Gasteiger partial charge on any atom is -0.466 e. The molecule has 2 aliphatic rings. The lowest BCUT2D eigenvalue weighted by molar-refractivity contribution is -0.139. The van der Waals surface area contributed by atoms with Crippen LogP contribution in [0.15, 0.2) is 86.8 Å². The van der Waals surface area contributed by atoms with E-state index in [0.29, 0.717) is 67.8 Å². The van der Waals surface area contributed by atoms with Gasteiger partial charge in [0, 0.05) is 80.2 Å². The van der Waals surface area contributed by atoms with Crippen LogP contribution in [-0.2, 0) is 45.2 Å².